The van der Waals surface area contributed by atoms with Crippen LogP contribution < -0.4 is 10.6 Å². The van der Waals surface area contributed by atoms with Crippen LogP contribution in [0.3, 0.4) is 0 Å². The van der Waals surface area contributed by atoms with E-state index < -0.39 is 24.5 Å². The lowest BCUT2D eigenvalue weighted by molar-refractivity contribution is -0.147. The first-order valence-electron chi connectivity index (χ1n) is 19.8. The normalized spacial score (nSPS) is 13.3. The van der Waals surface area contributed by atoms with Gasteiger partial charge in [0.25, 0.3) is 0 Å². The van der Waals surface area contributed by atoms with Gasteiger partial charge >= 0.3 is 11.9 Å². The van der Waals surface area contributed by atoms with Gasteiger partial charge in [-0.25, -0.2) is 4.79 Å². The molecule has 0 bridgehead atoms. The average Bonchev–Trinajstić information content (AvgIpc) is 3.13. The molecule has 0 radical (unpaired) electrons. The van der Waals surface area contributed by atoms with Crippen molar-refractivity contribution in [3.8, 4) is 0 Å². The molecule has 0 aliphatic carbocycles. The van der Waals surface area contributed by atoms with Gasteiger partial charge in [0, 0.05) is 12.8 Å². The van der Waals surface area contributed by atoms with Crippen molar-refractivity contribution >= 4 is 23.8 Å². The maximum absolute atomic E-state index is 12.7. The molecule has 0 aromatic heterocycles. The Morgan fingerprint density at radius 1 is 0.615 bits per heavy atom. The number of carbonyl (C=O) groups is 4. The smallest absolute Gasteiger partial charge is 0.328 e. The Hall–Kier alpha value is -3.72. The largest absolute Gasteiger partial charge is 0.480 e. The summed E-state index contributed by atoms with van der Waals surface area (Å²) < 4.78 is 5.88. The van der Waals surface area contributed by atoms with Crippen LogP contribution >= 0.6 is 0 Å². The molecule has 2 atom stereocenters. The number of hydrogen-bond acceptors (Lipinski definition) is 6. The molecule has 0 spiro atoms. The number of rotatable bonds is 34. The van der Waals surface area contributed by atoms with Crippen LogP contribution in [0, 0.1) is 0 Å². The van der Waals surface area contributed by atoms with Gasteiger partial charge in [0.15, 0.2) is 0 Å². The lowest BCUT2D eigenvalue weighted by atomic mass is 10.1. The molecule has 4 N–H and O–H groups in total. The van der Waals surface area contributed by atoms with Crippen LogP contribution in [0.15, 0.2) is 72.9 Å². The van der Waals surface area contributed by atoms with Crippen molar-refractivity contribution in [3.05, 3.63) is 72.9 Å². The van der Waals surface area contributed by atoms with Crippen LogP contribution in [0.5, 0.6) is 0 Å². The Labute approximate surface area is 314 Å². The number of hydrogen-bond donors (Lipinski definition) is 4. The number of aliphatic hydroxyl groups excluding tert-OH is 1. The number of unbranched alkanes of at least 4 members (excludes halogenated alkanes) is 10. The third-order valence-electron chi connectivity index (χ3n) is 8.17. The van der Waals surface area contributed by atoms with Gasteiger partial charge in [-0.3, -0.25) is 14.4 Å². The number of carboxylic acids is 1. The number of aliphatic carboxylic acids is 1. The SMILES string of the molecule is CC/C=C\C/C=C\C/C=C\C/C=C\CCCCC(=O)OC(/C=C\C/C=C\CCCCC)CCCCCCCCC(=O)NCC(=O)NC(CO)C(=O)O. The summed E-state index contributed by atoms with van der Waals surface area (Å²) in [6.45, 7) is 3.30. The molecule has 294 valence electrons. The summed E-state index contributed by atoms with van der Waals surface area (Å²) in [5, 5.41) is 22.5. The van der Waals surface area contributed by atoms with Gasteiger partial charge in [-0.15, -0.1) is 0 Å². The number of carbonyl (C=O) groups excluding carboxylic acids is 3. The fourth-order valence-corrected chi connectivity index (χ4v) is 5.12. The summed E-state index contributed by atoms with van der Waals surface area (Å²) in [7, 11) is 0. The van der Waals surface area contributed by atoms with Gasteiger partial charge < -0.3 is 25.6 Å². The van der Waals surface area contributed by atoms with Crippen LogP contribution in [-0.4, -0.2) is 59.3 Å². The Kier molecular flexibility index (Phi) is 34.4. The molecule has 0 fully saturated rings. The van der Waals surface area contributed by atoms with Gasteiger partial charge in [0.05, 0.1) is 13.2 Å². The van der Waals surface area contributed by atoms with Crippen molar-refractivity contribution < 1.29 is 34.1 Å². The van der Waals surface area contributed by atoms with Crippen molar-refractivity contribution in [1.82, 2.24) is 10.6 Å². The maximum atomic E-state index is 12.7. The number of nitrogens with one attached hydrogen (secondary N) is 2. The first kappa shape index (κ1) is 48.3. The average molecular weight is 727 g/mol. The predicted molar refractivity (Wildman–Crippen MR) is 213 cm³/mol. The van der Waals surface area contributed by atoms with Crippen LogP contribution in [0.1, 0.15) is 149 Å². The van der Waals surface area contributed by atoms with E-state index in [1.807, 2.05) is 6.08 Å². The fraction of sp³-hybridized carbons (Fsp3) is 0.628. The summed E-state index contributed by atoms with van der Waals surface area (Å²) in [6.07, 6.45) is 45.2. The van der Waals surface area contributed by atoms with Crippen LogP contribution in [0.2, 0.25) is 0 Å². The van der Waals surface area contributed by atoms with Gasteiger partial charge in [-0.1, -0.05) is 119 Å². The van der Waals surface area contributed by atoms with Gasteiger partial charge in [0.2, 0.25) is 11.8 Å². The van der Waals surface area contributed by atoms with Crippen molar-refractivity contribution in [2.24, 2.45) is 0 Å². The summed E-state index contributed by atoms with van der Waals surface area (Å²) in [5.74, 6) is -2.41. The lowest BCUT2D eigenvalue weighted by Gasteiger charge is -2.14. The van der Waals surface area contributed by atoms with Crippen LogP contribution in [0.4, 0.5) is 0 Å². The van der Waals surface area contributed by atoms with Crippen molar-refractivity contribution in [1.29, 1.82) is 0 Å². The topological polar surface area (TPSA) is 142 Å². The first-order chi connectivity index (χ1) is 25.3. The minimum atomic E-state index is -1.39. The lowest BCUT2D eigenvalue weighted by Crippen LogP contribution is -2.47. The molecule has 0 aromatic rings. The highest BCUT2D eigenvalue weighted by Crippen LogP contribution is 2.14. The third-order valence-corrected chi connectivity index (χ3v) is 8.17. The third kappa shape index (κ3) is 33.4. The number of aliphatic hydroxyl groups is 1. The molecule has 0 saturated carbocycles. The molecule has 9 nitrogen and oxygen atoms in total. The second-order valence-electron chi connectivity index (χ2n) is 13.0. The standard InChI is InChI=1S/C43H70N2O7/c1-3-5-7-9-11-13-14-15-16-17-18-19-21-27-31-35-42(49)52-38(32-28-24-20-12-10-8-6-4-2)33-29-25-22-23-26-30-34-40(47)44-36-41(48)45-39(37-46)43(50)51/h5,7,11-13,15-16,18-20,28,32,38-39,46H,3-4,6,8-10,14,17,21-27,29-31,33-37H2,1-2H3,(H,44,47)(H,45,48)(H,50,51)/b7-5-,13-11-,16-15-,19-18-,20-12-,32-28-. The van der Waals surface area contributed by atoms with Gasteiger partial charge in [-0.05, 0) is 89.5 Å². The molecule has 0 aromatic carbocycles. The number of allylic oxidation sites excluding steroid dienone is 11. The predicted octanol–water partition coefficient (Wildman–Crippen LogP) is 9.15. The molecular formula is C43H70N2O7. The highest BCUT2D eigenvalue weighted by atomic mass is 16.5. The number of ether oxygens (including phenoxy) is 1. The van der Waals surface area contributed by atoms with Gasteiger partial charge in [0.1, 0.15) is 12.1 Å². The quantitative estimate of drug-likeness (QED) is 0.0294. The van der Waals surface area contributed by atoms with E-state index in [0.29, 0.717) is 12.8 Å². The summed E-state index contributed by atoms with van der Waals surface area (Å²) in [4.78, 5) is 47.3. The van der Waals surface area contributed by atoms with E-state index in [9.17, 15) is 19.2 Å². The second-order valence-corrected chi connectivity index (χ2v) is 13.0. The highest BCUT2D eigenvalue weighted by molar-refractivity contribution is 5.87. The van der Waals surface area contributed by atoms with E-state index in [-0.39, 0.29) is 30.9 Å². The van der Waals surface area contributed by atoms with E-state index >= 15 is 0 Å². The fourth-order valence-electron chi connectivity index (χ4n) is 5.12. The Bertz CT molecular complexity index is 1110. The zero-order valence-electron chi connectivity index (χ0n) is 32.3. The molecule has 0 rings (SSSR count). The van der Waals surface area contributed by atoms with E-state index in [1.54, 1.807) is 0 Å². The number of amides is 2. The van der Waals surface area contributed by atoms with Crippen molar-refractivity contribution in [2.75, 3.05) is 13.2 Å². The minimum Gasteiger partial charge on any atom is -0.480 e. The van der Waals surface area contributed by atoms with E-state index in [2.05, 4.69) is 91.3 Å². The molecule has 2 unspecified atom stereocenters. The molecule has 0 heterocycles. The van der Waals surface area contributed by atoms with Crippen LogP contribution in [0.25, 0.3) is 0 Å². The molecule has 0 aliphatic rings. The van der Waals surface area contributed by atoms with E-state index in [4.69, 9.17) is 14.9 Å². The molecule has 0 saturated heterocycles. The molecule has 9 heteroatoms. The van der Waals surface area contributed by atoms with Gasteiger partial charge in [-0.2, -0.15) is 0 Å². The number of esters is 1. The van der Waals surface area contributed by atoms with Crippen molar-refractivity contribution in [2.45, 2.75) is 161 Å². The Balaban J connectivity index is 4.37. The summed E-state index contributed by atoms with van der Waals surface area (Å²) in [6, 6.07) is -1.39. The monoisotopic (exact) mass is 727 g/mol. The van der Waals surface area contributed by atoms with Crippen molar-refractivity contribution in [3.63, 3.8) is 0 Å². The minimum absolute atomic E-state index is 0.138. The number of carboxylic acid groups (broad SMARTS) is 1. The van der Waals surface area contributed by atoms with E-state index in [1.165, 1.54) is 19.3 Å². The zero-order chi connectivity index (χ0) is 38.3. The highest BCUT2D eigenvalue weighted by Gasteiger charge is 2.18. The summed E-state index contributed by atoms with van der Waals surface area (Å²) in [5.41, 5.74) is 0. The molecular weight excluding hydrogens is 656 g/mol. The molecule has 0 aliphatic heterocycles. The maximum Gasteiger partial charge on any atom is 0.328 e. The molecule has 52 heavy (non-hydrogen) atoms. The first-order valence-corrected chi connectivity index (χ1v) is 19.8. The Morgan fingerprint density at radius 3 is 1.75 bits per heavy atom. The van der Waals surface area contributed by atoms with E-state index in [0.717, 1.165) is 96.3 Å². The summed E-state index contributed by atoms with van der Waals surface area (Å²) >= 11 is 0. The Morgan fingerprint density at radius 2 is 1.15 bits per heavy atom. The molecule has 2 amide bonds. The second kappa shape index (κ2) is 37.1. The van der Waals surface area contributed by atoms with Crippen LogP contribution in [-0.2, 0) is 23.9 Å². The zero-order valence-corrected chi connectivity index (χ0v) is 32.3.